The van der Waals surface area contributed by atoms with Crippen LogP contribution in [0.3, 0.4) is 0 Å². The number of hydrogen-bond donors (Lipinski definition) is 2. The fourth-order valence-electron chi connectivity index (χ4n) is 1.55. The van der Waals surface area contributed by atoms with Crippen LogP contribution >= 0.6 is 0 Å². The molecule has 0 bridgehead atoms. The number of hydrogen-bond acceptors (Lipinski definition) is 3. The molecule has 0 aromatic heterocycles. The van der Waals surface area contributed by atoms with Crippen LogP contribution in [0.5, 0.6) is 0 Å². The van der Waals surface area contributed by atoms with Crippen molar-refractivity contribution in [3.63, 3.8) is 0 Å². The second kappa shape index (κ2) is 5.67. The Hall–Kier alpha value is -2.57. The molecular weight excluding hydrogens is 222 g/mol. The van der Waals surface area contributed by atoms with Gasteiger partial charge in [-0.15, -0.1) is 0 Å². The van der Waals surface area contributed by atoms with Gasteiger partial charge in [0.1, 0.15) is 0 Å². The molecule has 0 saturated heterocycles. The van der Waals surface area contributed by atoms with Crippen LogP contribution in [0.2, 0.25) is 0 Å². The molecule has 2 rings (SSSR count). The van der Waals surface area contributed by atoms with Crippen LogP contribution in [0.15, 0.2) is 48.5 Å². The van der Waals surface area contributed by atoms with Crippen molar-refractivity contribution >= 4 is 17.8 Å². The average molecular weight is 235 g/mol. The van der Waals surface area contributed by atoms with Crippen molar-refractivity contribution in [1.82, 2.24) is 0 Å². The van der Waals surface area contributed by atoms with Crippen LogP contribution in [0.25, 0.3) is 12.2 Å². The first-order chi connectivity index (χ1) is 8.81. The summed E-state index contributed by atoms with van der Waals surface area (Å²) in [7, 11) is 0. The Morgan fingerprint density at radius 2 is 1.39 bits per heavy atom. The van der Waals surface area contributed by atoms with Gasteiger partial charge < -0.3 is 5.43 Å². The molecule has 3 N–H and O–H groups in total. The molecule has 18 heavy (non-hydrogen) atoms. The van der Waals surface area contributed by atoms with E-state index in [4.69, 9.17) is 11.1 Å². The van der Waals surface area contributed by atoms with Gasteiger partial charge in [0.15, 0.2) is 0 Å². The average Bonchev–Trinajstić information content (AvgIpc) is 2.46. The summed E-state index contributed by atoms with van der Waals surface area (Å²) in [5.41, 5.74) is 6.30. The van der Waals surface area contributed by atoms with Crippen LogP contribution < -0.4 is 11.3 Å². The summed E-state index contributed by atoms with van der Waals surface area (Å²) in [6.07, 6.45) is 4.02. The van der Waals surface area contributed by atoms with Crippen LogP contribution in [-0.4, -0.2) is 0 Å². The lowest BCUT2D eigenvalue weighted by Crippen LogP contribution is -2.05. The predicted octanol–water partition coefficient (Wildman–Crippen LogP) is 3.01. The topological polar surface area (TPSA) is 61.8 Å². The monoisotopic (exact) mass is 235 g/mol. The molecule has 0 radical (unpaired) electrons. The van der Waals surface area contributed by atoms with Gasteiger partial charge in [0.05, 0.1) is 11.6 Å². The van der Waals surface area contributed by atoms with Crippen LogP contribution in [0.1, 0.15) is 16.7 Å². The number of nitrogens with zero attached hydrogens (tertiary/aromatic N) is 1. The Morgan fingerprint density at radius 1 is 0.889 bits per heavy atom. The van der Waals surface area contributed by atoms with Gasteiger partial charge >= 0.3 is 0 Å². The van der Waals surface area contributed by atoms with E-state index in [9.17, 15) is 0 Å². The van der Waals surface area contributed by atoms with E-state index in [0.717, 1.165) is 16.8 Å². The number of nitrogen functional groups attached to an aromatic ring is 1. The molecule has 0 fully saturated rings. The summed E-state index contributed by atoms with van der Waals surface area (Å²) in [5, 5.41) is 8.70. The highest BCUT2D eigenvalue weighted by Gasteiger charge is 1.91. The van der Waals surface area contributed by atoms with Crippen LogP contribution in [-0.2, 0) is 0 Å². The Labute approximate surface area is 106 Å². The van der Waals surface area contributed by atoms with E-state index in [1.54, 1.807) is 12.1 Å². The van der Waals surface area contributed by atoms with Crippen molar-refractivity contribution in [3.8, 4) is 6.07 Å². The first-order valence-electron chi connectivity index (χ1n) is 5.57. The molecule has 0 amide bonds. The van der Waals surface area contributed by atoms with Gasteiger partial charge in [-0.05, 0) is 35.4 Å². The fourth-order valence-corrected chi connectivity index (χ4v) is 1.55. The fraction of sp³-hybridized carbons (Fsp3) is 0. The summed E-state index contributed by atoms with van der Waals surface area (Å²) in [5.74, 6) is 5.30. The summed E-state index contributed by atoms with van der Waals surface area (Å²) >= 11 is 0. The van der Waals surface area contributed by atoms with E-state index in [0.29, 0.717) is 5.56 Å². The standard InChI is InChI=1S/C15H13N3/c16-11-14-5-3-12(4-6-14)1-2-13-7-9-15(18-17)10-8-13/h1-10,18H,17H2/b2-1+. The third-order valence-electron chi connectivity index (χ3n) is 2.59. The Kier molecular flexibility index (Phi) is 3.75. The van der Waals surface area contributed by atoms with Crippen molar-refractivity contribution in [1.29, 1.82) is 5.26 Å². The maximum Gasteiger partial charge on any atom is 0.0991 e. The molecule has 2 aromatic carbocycles. The van der Waals surface area contributed by atoms with Gasteiger partial charge in [-0.3, -0.25) is 5.84 Å². The smallest absolute Gasteiger partial charge is 0.0991 e. The maximum atomic E-state index is 8.70. The zero-order valence-corrected chi connectivity index (χ0v) is 9.80. The first kappa shape index (κ1) is 11.9. The second-order valence-electron chi connectivity index (χ2n) is 3.83. The third kappa shape index (κ3) is 2.97. The van der Waals surface area contributed by atoms with Crippen LogP contribution in [0, 0.1) is 11.3 Å². The largest absolute Gasteiger partial charge is 0.324 e. The summed E-state index contributed by atoms with van der Waals surface area (Å²) < 4.78 is 0. The molecule has 2 aromatic rings. The highest BCUT2D eigenvalue weighted by molar-refractivity contribution is 5.70. The quantitative estimate of drug-likeness (QED) is 0.488. The van der Waals surface area contributed by atoms with E-state index in [-0.39, 0.29) is 0 Å². The lowest BCUT2D eigenvalue weighted by Gasteiger charge is -1.99. The third-order valence-corrected chi connectivity index (χ3v) is 2.59. The zero-order chi connectivity index (χ0) is 12.8. The molecule has 0 unspecified atom stereocenters. The Balaban J connectivity index is 2.11. The number of nitrogens with one attached hydrogen (secondary N) is 1. The molecule has 0 spiro atoms. The number of nitriles is 1. The predicted molar refractivity (Wildman–Crippen MR) is 74.3 cm³/mol. The SMILES string of the molecule is N#Cc1ccc(/C=C/c2ccc(NN)cc2)cc1. The molecule has 0 aliphatic rings. The van der Waals surface area contributed by atoms with Gasteiger partial charge in [0, 0.05) is 5.69 Å². The number of rotatable bonds is 3. The summed E-state index contributed by atoms with van der Waals surface area (Å²) in [4.78, 5) is 0. The summed E-state index contributed by atoms with van der Waals surface area (Å²) in [6.45, 7) is 0. The normalized spacial score (nSPS) is 10.2. The van der Waals surface area contributed by atoms with Crippen molar-refractivity contribution < 1.29 is 0 Å². The summed E-state index contributed by atoms with van der Waals surface area (Å²) in [6, 6.07) is 17.3. The van der Waals surface area contributed by atoms with E-state index < -0.39 is 0 Å². The molecule has 3 heteroatoms. The van der Waals surface area contributed by atoms with Crippen molar-refractivity contribution in [2.24, 2.45) is 5.84 Å². The zero-order valence-electron chi connectivity index (χ0n) is 9.80. The molecule has 0 saturated carbocycles. The van der Waals surface area contributed by atoms with E-state index >= 15 is 0 Å². The highest BCUT2D eigenvalue weighted by atomic mass is 15.2. The van der Waals surface area contributed by atoms with Gasteiger partial charge in [-0.2, -0.15) is 5.26 Å². The number of nitrogens with two attached hydrogens (primary N) is 1. The molecule has 88 valence electrons. The number of hydrazine groups is 1. The van der Waals surface area contributed by atoms with Gasteiger partial charge in [0.2, 0.25) is 0 Å². The van der Waals surface area contributed by atoms with Crippen molar-refractivity contribution in [2.75, 3.05) is 5.43 Å². The minimum absolute atomic E-state index is 0.672. The molecule has 0 aliphatic carbocycles. The highest BCUT2D eigenvalue weighted by Crippen LogP contribution is 2.12. The molecule has 0 heterocycles. The van der Waals surface area contributed by atoms with Gasteiger partial charge in [-0.1, -0.05) is 36.4 Å². The molecule has 0 atom stereocenters. The van der Waals surface area contributed by atoms with Crippen molar-refractivity contribution in [2.45, 2.75) is 0 Å². The Bertz CT molecular complexity index is 575. The van der Waals surface area contributed by atoms with E-state index in [1.807, 2.05) is 48.6 Å². The van der Waals surface area contributed by atoms with E-state index in [1.165, 1.54) is 0 Å². The van der Waals surface area contributed by atoms with Gasteiger partial charge in [0.25, 0.3) is 0 Å². The van der Waals surface area contributed by atoms with Crippen LogP contribution in [0.4, 0.5) is 5.69 Å². The number of anilines is 1. The second-order valence-corrected chi connectivity index (χ2v) is 3.83. The molecule has 0 aliphatic heterocycles. The van der Waals surface area contributed by atoms with Gasteiger partial charge in [-0.25, -0.2) is 0 Å². The molecular formula is C15H13N3. The minimum atomic E-state index is 0.672. The lowest BCUT2D eigenvalue weighted by atomic mass is 10.1. The minimum Gasteiger partial charge on any atom is -0.324 e. The number of benzene rings is 2. The van der Waals surface area contributed by atoms with E-state index in [2.05, 4.69) is 11.5 Å². The van der Waals surface area contributed by atoms with Crippen molar-refractivity contribution in [3.05, 3.63) is 65.2 Å². The lowest BCUT2D eigenvalue weighted by molar-refractivity contribution is 1.35. The first-order valence-corrected chi connectivity index (χ1v) is 5.57. The Morgan fingerprint density at radius 3 is 1.83 bits per heavy atom. The molecule has 3 nitrogen and oxygen atoms in total. The maximum absolute atomic E-state index is 8.70.